The van der Waals surface area contributed by atoms with Crippen LogP contribution in [0.1, 0.15) is 50.3 Å². The summed E-state index contributed by atoms with van der Waals surface area (Å²) in [5.41, 5.74) is 2.69. The summed E-state index contributed by atoms with van der Waals surface area (Å²) in [7, 11) is 1.77. The van der Waals surface area contributed by atoms with E-state index in [9.17, 15) is 4.79 Å². The van der Waals surface area contributed by atoms with Gasteiger partial charge in [-0.3, -0.25) is 9.79 Å². The van der Waals surface area contributed by atoms with Crippen molar-refractivity contribution in [3.05, 3.63) is 59.7 Å². The number of guanidine groups is 1. The first-order valence-electron chi connectivity index (χ1n) is 11.2. The molecule has 2 unspecified atom stereocenters. The van der Waals surface area contributed by atoms with E-state index in [-0.39, 0.29) is 47.6 Å². The normalized spacial score (nSPS) is 21.2. The van der Waals surface area contributed by atoms with Crippen LogP contribution < -0.4 is 20.7 Å². The molecule has 0 aromatic heterocycles. The second-order valence-corrected chi connectivity index (χ2v) is 8.92. The molecule has 0 bridgehead atoms. The van der Waals surface area contributed by atoms with Gasteiger partial charge in [0.2, 0.25) is 0 Å². The van der Waals surface area contributed by atoms with Gasteiger partial charge in [-0.25, -0.2) is 0 Å². The van der Waals surface area contributed by atoms with E-state index in [1.165, 1.54) is 0 Å². The zero-order valence-corrected chi connectivity index (χ0v) is 21.7. The molecule has 178 valence electrons. The second-order valence-electron chi connectivity index (χ2n) is 8.92. The number of halogens is 1. The van der Waals surface area contributed by atoms with Crippen LogP contribution in [0.5, 0.6) is 5.75 Å². The van der Waals surface area contributed by atoms with E-state index in [1.54, 1.807) is 7.05 Å². The number of amides is 1. The lowest BCUT2D eigenvalue weighted by Crippen LogP contribution is -2.45. The third kappa shape index (κ3) is 6.60. The Bertz CT molecular complexity index is 989. The Balaban J connectivity index is 0.00000306. The van der Waals surface area contributed by atoms with Crippen LogP contribution in [0.4, 0.5) is 5.69 Å². The van der Waals surface area contributed by atoms with E-state index in [0.717, 1.165) is 47.8 Å². The molecule has 2 aromatic rings. The number of hydrogen-bond acceptors (Lipinski definition) is 4. The van der Waals surface area contributed by atoms with Crippen LogP contribution in [0.15, 0.2) is 53.5 Å². The molecule has 2 aliphatic rings. The van der Waals surface area contributed by atoms with Crippen molar-refractivity contribution < 1.29 is 14.3 Å². The predicted molar refractivity (Wildman–Crippen MR) is 141 cm³/mol. The molecule has 1 saturated heterocycles. The van der Waals surface area contributed by atoms with Crippen molar-refractivity contribution in [2.24, 2.45) is 4.99 Å². The van der Waals surface area contributed by atoms with Gasteiger partial charge in [0, 0.05) is 37.9 Å². The lowest BCUT2D eigenvalue weighted by Gasteiger charge is -2.38. The molecule has 3 N–H and O–H groups in total. The Morgan fingerprint density at radius 1 is 1.18 bits per heavy atom. The van der Waals surface area contributed by atoms with Gasteiger partial charge < -0.3 is 25.4 Å². The van der Waals surface area contributed by atoms with Gasteiger partial charge in [0.15, 0.2) is 5.96 Å². The molecule has 0 saturated carbocycles. The van der Waals surface area contributed by atoms with Crippen molar-refractivity contribution in [3.8, 4) is 5.75 Å². The van der Waals surface area contributed by atoms with Crippen molar-refractivity contribution in [1.82, 2.24) is 10.6 Å². The second kappa shape index (κ2) is 11.2. The van der Waals surface area contributed by atoms with Crippen LogP contribution in [0.25, 0.3) is 0 Å². The first-order chi connectivity index (χ1) is 15.4. The number of hydrogen-bond donors (Lipinski definition) is 3. The lowest BCUT2D eigenvalue weighted by molar-refractivity contribution is -0.124. The van der Waals surface area contributed by atoms with Crippen LogP contribution in [-0.2, 0) is 16.1 Å². The maximum atomic E-state index is 12.3. The summed E-state index contributed by atoms with van der Waals surface area (Å²) in [5.74, 6) is 1.55. The minimum atomic E-state index is -0.341. The molecule has 1 fully saturated rings. The SMILES string of the molecule is CN=C(NCc1cccc(NC(=O)C2CCCO2)c1)NC1CC(C)(C)Oc2ccccc21.I. The number of nitrogens with one attached hydrogen (secondary N) is 3. The average molecular weight is 564 g/mol. The van der Waals surface area contributed by atoms with Crippen LogP contribution in [0, 0.1) is 0 Å². The van der Waals surface area contributed by atoms with Crippen LogP contribution in [0.3, 0.4) is 0 Å². The molecule has 2 aromatic carbocycles. The Kier molecular flexibility index (Phi) is 8.58. The quantitative estimate of drug-likeness (QED) is 0.285. The third-order valence-electron chi connectivity index (χ3n) is 5.79. The van der Waals surface area contributed by atoms with Gasteiger partial charge in [0.05, 0.1) is 6.04 Å². The minimum Gasteiger partial charge on any atom is -0.487 e. The lowest BCUT2D eigenvalue weighted by atomic mass is 9.90. The number of rotatable bonds is 5. The number of fused-ring (bicyclic) bond motifs is 1. The molecule has 7 nitrogen and oxygen atoms in total. The van der Waals surface area contributed by atoms with Gasteiger partial charge in [-0.05, 0) is 50.5 Å². The summed E-state index contributed by atoms with van der Waals surface area (Å²) in [6, 6.07) is 16.1. The van der Waals surface area contributed by atoms with E-state index in [1.807, 2.05) is 42.5 Å². The number of benzene rings is 2. The van der Waals surface area contributed by atoms with Crippen molar-refractivity contribution in [2.45, 2.75) is 57.4 Å². The maximum absolute atomic E-state index is 12.3. The maximum Gasteiger partial charge on any atom is 0.253 e. The highest BCUT2D eigenvalue weighted by atomic mass is 127. The number of ether oxygens (including phenoxy) is 2. The first-order valence-corrected chi connectivity index (χ1v) is 11.2. The molecule has 8 heteroatoms. The Hall–Kier alpha value is -2.33. The van der Waals surface area contributed by atoms with Gasteiger partial charge in [0.25, 0.3) is 5.91 Å². The molecule has 0 radical (unpaired) electrons. The largest absolute Gasteiger partial charge is 0.487 e. The Morgan fingerprint density at radius 2 is 2.00 bits per heavy atom. The van der Waals surface area contributed by atoms with Crippen molar-refractivity contribution in [1.29, 1.82) is 0 Å². The number of carbonyl (C=O) groups excluding carboxylic acids is 1. The number of nitrogens with zero attached hydrogens (tertiary/aromatic N) is 1. The van der Waals surface area contributed by atoms with Gasteiger partial charge in [-0.2, -0.15) is 0 Å². The summed E-state index contributed by atoms with van der Waals surface area (Å²) in [5, 5.41) is 9.89. The predicted octanol–water partition coefficient (Wildman–Crippen LogP) is 4.39. The fourth-order valence-electron chi connectivity index (χ4n) is 4.24. The van der Waals surface area contributed by atoms with Gasteiger partial charge in [-0.1, -0.05) is 30.3 Å². The van der Waals surface area contributed by atoms with E-state index < -0.39 is 0 Å². The standard InChI is InChI=1S/C25H32N4O3.HI/c1-25(2)15-20(19-10-4-5-11-21(19)32-25)29-24(26-3)27-16-17-8-6-9-18(14-17)28-23(30)22-12-7-13-31-22;/h4-6,8-11,14,20,22H,7,12-13,15-16H2,1-3H3,(H,28,30)(H2,26,27,29);1H. The summed E-state index contributed by atoms with van der Waals surface area (Å²) in [6.07, 6.45) is 2.20. The Morgan fingerprint density at radius 3 is 2.76 bits per heavy atom. The fourth-order valence-corrected chi connectivity index (χ4v) is 4.24. The Labute approximate surface area is 212 Å². The highest BCUT2D eigenvalue weighted by molar-refractivity contribution is 14.0. The van der Waals surface area contributed by atoms with E-state index in [2.05, 4.69) is 40.9 Å². The van der Waals surface area contributed by atoms with E-state index in [4.69, 9.17) is 9.47 Å². The molecule has 1 amide bonds. The molecule has 33 heavy (non-hydrogen) atoms. The first kappa shape index (κ1) is 25.3. The third-order valence-corrected chi connectivity index (χ3v) is 5.79. The van der Waals surface area contributed by atoms with Crippen molar-refractivity contribution in [3.63, 3.8) is 0 Å². The van der Waals surface area contributed by atoms with Crippen molar-refractivity contribution >= 4 is 41.5 Å². The zero-order chi connectivity index (χ0) is 22.6. The van der Waals surface area contributed by atoms with Crippen molar-refractivity contribution in [2.75, 3.05) is 19.0 Å². The molecule has 2 atom stereocenters. The highest BCUT2D eigenvalue weighted by Gasteiger charge is 2.34. The molecule has 0 aliphatic carbocycles. The molecular formula is C25H33IN4O3. The van der Waals surface area contributed by atoms with E-state index >= 15 is 0 Å². The summed E-state index contributed by atoms with van der Waals surface area (Å²) >= 11 is 0. The summed E-state index contributed by atoms with van der Waals surface area (Å²) < 4.78 is 11.6. The number of aliphatic imine (C=N–C) groups is 1. The molecular weight excluding hydrogens is 531 g/mol. The number of anilines is 1. The number of para-hydroxylation sites is 1. The zero-order valence-electron chi connectivity index (χ0n) is 19.4. The number of carbonyl (C=O) groups is 1. The van der Waals surface area contributed by atoms with E-state index in [0.29, 0.717) is 13.2 Å². The molecule has 2 aliphatic heterocycles. The average Bonchev–Trinajstić information content (AvgIpc) is 3.31. The topological polar surface area (TPSA) is 84.0 Å². The summed E-state index contributed by atoms with van der Waals surface area (Å²) in [6.45, 7) is 5.44. The highest BCUT2D eigenvalue weighted by Crippen LogP contribution is 2.39. The smallest absolute Gasteiger partial charge is 0.253 e. The van der Waals surface area contributed by atoms with Crippen LogP contribution >= 0.6 is 24.0 Å². The van der Waals surface area contributed by atoms with Gasteiger partial charge in [-0.15, -0.1) is 24.0 Å². The minimum absolute atomic E-state index is 0. The van der Waals surface area contributed by atoms with Crippen LogP contribution in [0.2, 0.25) is 0 Å². The summed E-state index contributed by atoms with van der Waals surface area (Å²) in [4.78, 5) is 16.7. The van der Waals surface area contributed by atoms with Crippen LogP contribution in [-0.4, -0.2) is 37.2 Å². The molecule has 2 heterocycles. The fraction of sp³-hybridized carbons (Fsp3) is 0.440. The molecule has 0 spiro atoms. The monoisotopic (exact) mass is 564 g/mol. The van der Waals surface area contributed by atoms with Gasteiger partial charge in [0.1, 0.15) is 17.5 Å². The van der Waals surface area contributed by atoms with Gasteiger partial charge >= 0.3 is 0 Å². The molecule has 4 rings (SSSR count).